The number of methoxy groups -OCH3 is 1. The van der Waals surface area contributed by atoms with Crippen LogP contribution in [0.4, 0.5) is 0 Å². The number of ether oxygens (including phenoxy) is 1. The number of hydrogen-bond acceptors (Lipinski definition) is 6. The van der Waals surface area contributed by atoms with Gasteiger partial charge in [-0.1, -0.05) is 17.7 Å². The molecule has 0 radical (unpaired) electrons. The van der Waals surface area contributed by atoms with Crippen LogP contribution in [0.15, 0.2) is 57.8 Å². The van der Waals surface area contributed by atoms with Crippen molar-refractivity contribution in [1.82, 2.24) is 14.2 Å². The molecule has 9 heteroatoms. The Bertz CT molecular complexity index is 1150. The quantitative estimate of drug-likeness (QED) is 0.555. The van der Waals surface area contributed by atoms with Crippen LogP contribution in [0.1, 0.15) is 11.5 Å². The van der Waals surface area contributed by atoms with E-state index >= 15 is 0 Å². The van der Waals surface area contributed by atoms with Crippen molar-refractivity contribution in [2.24, 2.45) is 0 Å². The fourth-order valence-corrected chi connectivity index (χ4v) is 5.17. The molecule has 0 saturated carbocycles. The smallest absolute Gasteiger partial charge is 0.243 e. The number of hydrogen-bond donors (Lipinski definition) is 0. The zero-order chi connectivity index (χ0) is 22.0. The molecule has 1 saturated heterocycles. The van der Waals surface area contributed by atoms with Crippen molar-refractivity contribution < 1.29 is 17.6 Å². The van der Waals surface area contributed by atoms with Crippen molar-refractivity contribution in [3.8, 4) is 17.2 Å². The number of piperazine rings is 1. The zero-order valence-corrected chi connectivity index (χ0v) is 19.0. The number of aromatic nitrogens is 1. The Hall–Kier alpha value is -2.39. The maximum atomic E-state index is 12.9. The van der Waals surface area contributed by atoms with Gasteiger partial charge in [-0.15, -0.1) is 0 Å². The Morgan fingerprint density at radius 2 is 1.81 bits per heavy atom. The summed E-state index contributed by atoms with van der Waals surface area (Å²) in [7, 11) is -1.97. The van der Waals surface area contributed by atoms with Crippen molar-refractivity contribution >= 4 is 21.6 Å². The van der Waals surface area contributed by atoms with Crippen molar-refractivity contribution in [2.75, 3.05) is 33.3 Å². The number of aryl methyl sites for hydroxylation is 1. The summed E-state index contributed by atoms with van der Waals surface area (Å²) in [5.74, 6) is 1.92. The molecule has 2 aromatic carbocycles. The summed E-state index contributed by atoms with van der Waals surface area (Å²) in [5, 5.41) is 0.629. The first-order chi connectivity index (χ1) is 14.9. The summed E-state index contributed by atoms with van der Waals surface area (Å²) in [5.41, 5.74) is 1.68. The van der Waals surface area contributed by atoms with Crippen LogP contribution in [0.25, 0.3) is 11.5 Å². The monoisotopic (exact) mass is 461 g/mol. The molecule has 1 aliphatic rings. The number of halogens is 1. The highest BCUT2D eigenvalue weighted by molar-refractivity contribution is 7.89. The summed E-state index contributed by atoms with van der Waals surface area (Å²) in [6, 6.07) is 13.9. The standard InChI is InChI=1S/C22H24ClN3O4S/c1-16-21(24-22(30-16)17-4-3-5-18(23)14-17)15-25-10-12-26(13-11-25)31(27,28)20-8-6-19(29-2)7-9-20/h3-9,14H,10-13,15H2,1-2H3. The molecule has 1 aromatic heterocycles. The van der Waals surface area contributed by atoms with Crippen LogP contribution in [0.2, 0.25) is 5.02 Å². The number of sulfonamides is 1. The van der Waals surface area contributed by atoms with Crippen LogP contribution in [0, 0.1) is 6.92 Å². The first kappa shape index (κ1) is 21.8. The van der Waals surface area contributed by atoms with E-state index in [9.17, 15) is 8.42 Å². The Labute approximate surface area is 187 Å². The number of oxazole rings is 1. The third-order valence-corrected chi connectivity index (χ3v) is 7.51. The van der Waals surface area contributed by atoms with Gasteiger partial charge < -0.3 is 9.15 Å². The van der Waals surface area contributed by atoms with E-state index in [1.54, 1.807) is 37.4 Å². The second-order valence-corrected chi connectivity index (χ2v) is 9.76. The first-order valence-corrected chi connectivity index (χ1v) is 11.8. The maximum Gasteiger partial charge on any atom is 0.243 e. The Morgan fingerprint density at radius 3 is 2.45 bits per heavy atom. The summed E-state index contributed by atoms with van der Waals surface area (Å²) in [6.45, 7) is 4.58. The molecule has 0 spiro atoms. The molecular weight excluding hydrogens is 438 g/mol. The van der Waals surface area contributed by atoms with Crippen LogP contribution < -0.4 is 4.74 Å². The van der Waals surface area contributed by atoms with E-state index in [1.807, 2.05) is 25.1 Å². The lowest BCUT2D eigenvalue weighted by Gasteiger charge is -2.33. The molecule has 3 aromatic rings. The Balaban J connectivity index is 1.40. The minimum absolute atomic E-state index is 0.278. The summed E-state index contributed by atoms with van der Waals surface area (Å²) < 4.78 is 38.3. The Morgan fingerprint density at radius 1 is 1.10 bits per heavy atom. The molecule has 0 aliphatic carbocycles. The molecule has 1 fully saturated rings. The fourth-order valence-electron chi connectivity index (χ4n) is 3.56. The second-order valence-electron chi connectivity index (χ2n) is 7.39. The lowest BCUT2D eigenvalue weighted by Crippen LogP contribution is -2.48. The van der Waals surface area contributed by atoms with Gasteiger partial charge in [0.25, 0.3) is 0 Å². The van der Waals surface area contributed by atoms with E-state index in [4.69, 9.17) is 20.8 Å². The molecule has 2 heterocycles. The number of rotatable bonds is 6. The molecule has 0 N–H and O–H groups in total. The molecule has 164 valence electrons. The van der Waals surface area contributed by atoms with Gasteiger partial charge in [-0.2, -0.15) is 4.31 Å². The van der Waals surface area contributed by atoms with Gasteiger partial charge in [-0.3, -0.25) is 4.90 Å². The van der Waals surface area contributed by atoms with Crippen LogP contribution in [-0.2, 0) is 16.6 Å². The molecular formula is C22H24ClN3O4S. The van der Waals surface area contributed by atoms with Gasteiger partial charge in [-0.25, -0.2) is 13.4 Å². The average molecular weight is 462 g/mol. The van der Waals surface area contributed by atoms with Gasteiger partial charge in [0.05, 0.1) is 17.7 Å². The van der Waals surface area contributed by atoms with Crippen LogP contribution in [0.5, 0.6) is 5.75 Å². The summed E-state index contributed by atoms with van der Waals surface area (Å²) >= 11 is 6.07. The van der Waals surface area contributed by atoms with Crippen molar-refractivity contribution in [2.45, 2.75) is 18.4 Å². The van der Waals surface area contributed by atoms with E-state index in [0.29, 0.717) is 49.4 Å². The normalized spacial score (nSPS) is 15.8. The third kappa shape index (κ3) is 4.77. The predicted molar refractivity (Wildman–Crippen MR) is 119 cm³/mol. The van der Waals surface area contributed by atoms with Crippen molar-refractivity contribution in [3.05, 3.63) is 65.0 Å². The first-order valence-electron chi connectivity index (χ1n) is 9.95. The minimum atomic E-state index is -3.52. The average Bonchev–Trinajstić information content (AvgIpc) is 3.14. The molecule has 31 heavy (non-hydrogen) atoms. The third-order valence-electron chi connectivity index (χ3n) is 5.37. The van der Waals surface area contributed by atoms with Crippen molar-refractivity contribution in [3.63, 3.8) is 0 Å². The van der Waals surface area contributed by atoms with E-state index in [1.165, 1.54) is 4.31 Å². The number of benzene rings is 2. The van der Waals surface area contributed by atoms with Crippen LogP contribution in [0.3, 0.4) is 0 Å². The van der Waals surface area contributed by atoms with Gasteiger partial charge in [-0.05, 0) is 49.4 Å². The van der Waals surface area contributed by atoms with Gasteiger partial charge in [0.15, 0.2) is 0 Å². The van der Waals surface area contributed by atoms with E-state index in [2.05, 4.69) is 9.88 Å². The topological polar surface area (TPSA) is 75.9 Å². The number of nitrogens with zero attached hydrogens (tertiary/aromatic N) is 3. The summed E-state index contributed by atoms with van der Waals surface area (Å²) in [4.78, 5) is 7.10. The molecule has 0 bridgehead atoms. The lowest BCUT2D eigenvalue weighted by atomic mass is 10.2. The highest BCUT2D eigenvalue weighted by Gasteiger charge is 2.29. The summed E-state index contributed by atoms with van der Waals surface area (Å²) in [6.07, 6.45) is 0. The van der Waals surface area contributed by atoms with Gasteiger partial charge in [0.2, 0.25) is 15.9 Å². The second kappa shape index (κ2) is 9.00. The SMILES string of the molecule is COc1ccc(S(=O)(=O)N2CCN(Cc3nc(-c4cccc(Cl)c4)oc3C)CC2)cc1. The van der Waals surface area contributed by atoms with Crippen LogP contribution >= 0.6 is 11.6 Å². The largest absolute Gasteiger partial charge is 0.497 e. The minimum Gasteiger partial charge on any atom is -0.497 e. The predicted octanol–water partition coefficient (Wildman–Crippen LogP) is 3.82. The maximum absolute atomic E-state index is 12.9. The fraction of sp³-hybridized carbons (Fsp3) is 0.318. The van der Waals surface area contributed by atoms with Crippen LogP contribution in [-0.4, -0.2) is 55.9 Å². The van der Waals surface area contributed by atoms with E-state index in [-0.39, 0.29) is 4.90 Å². The van der Waals surface area contributed by atoms with Crippen molar-refractivity contribution in [1.29, 1.82) is 0 Å². The highest BCUT2D eigenvalue weighted by Crippen LogP contribution is 2.26. The lowest BCUT2D eigenvalue weighted by molar-refractivity contribution is 0.179. The van der Waals surface area contributed by atoms with Gasteiger partial charge in [0, 0.05) is 43.3 Å². The highest BCUT2D eigenvalue weighted by atomic mass is 35.5. The van der Waals surface area contributed by atoms with E-state index in [0.717, 1.165) is 17.0 Å². The van der Waals surface area contributed by atoms with Gasteiger partial charge >= 0.3 is 0 Å². The molecule has 0 atom stereocenters. The zero-order valence-electron chi connectivity index (χ0n) is 17.4. The molecule has 1 aliphatic heterocycles. The molecule has 7 nitrogen and oxygen atoms in total. The Kier molecular flexibility index (Phi) is 6.34. The molecule has 0 unspecified atom stereocenters. The van der Waals surface area contributed by atoms with E-state index < -0.39 is 10.0 Å². The van der Waals surface area contributed by atoms with Gasteiger partial charge in [0.1, 0.15) is 11.5 Å². The molecule has 4 rings (SSSR count). The molecule has 0 amide bonds.